The molecule has 0 atom stereocenters. The van der Waals surface area contributed by atoms with Gasteiger partial charge >= 0.3 is 0 Å². The molecular weight excluding hydrogens is 311 g/mol. The van der Waals surface area contributed by atoms with Crippen molar-refractivity contribution in [2.75, 3.05) is 7.11 Å². The van der Waals surface area contributed by atoms with Crippen LogP contribution in [0.4, 0.5) is 4.39 Å². The molecule has 0 fully saturated rings. The number of halogens is 2. The average Bonchev–Trinajstić information content (AvgIpc) is 2.46. The van der Waals surface area contributed by atoms with Gasteiger partial charge in [-0.05, 0) is 23.8 Å². The summed E-state index contributed by atoms with van der Waals surface area (Å²) in [5.74, 6) is -0.612. The van der Waals surface area contributed by atoms with Gasteiger partial charge in [0.05, 0.1) is 7.11 Å². The third-order valence-corrected chi connectivity index (χ3v) is 3.43. The van der Waals surface area contributed by atoms with Gasteiger partial charge in [0.1, 0.15) is 0 Å². The van der Waals surface area contributed by atoms with E-state index in [-0.39, 0.29) is 11.5 Å². The highest BCUT2D eigenvalue weighted by atomic mass is 79.9. The molecule has 0 spiro atoms. The molecule has 0 radical (unpaired) electrons. The van der Waals surface area contributed by atoms with E-state index in [1.54, 1.807) is 18.2 Å². The van der Waals surface area contributed by atoms with Crippen molar-refractivity contribution >= 4 is 21.7 Å². The maximum absolute atomic E-state index is 13.6. The van der Waals surface area contributed by atoms with Crippen LogP contribution in [0.5, 0.6) is 5.75 Å². The first-order valence-electron chi connectivity index (χ1n) is 5.69. The quantitative estimate of drug-likeness (QED) is 0.629. The fourth-order valence-corrected chi connectivity index (χ4v) is 2.09. The Kier molecular flexibility index (Phi) is 4.32. The predicted molar refractivity (Wildman–Crippen MR) is 75.5 cm³/mol. The van der Waals surface area contributed by atoms with Crippen LogP contribution in [0.25, 0.3) is 0 Å². The monoisotopic (exact) mass is 322 g/mol. The van der Waals surface area contributed by atoms with Crippen LogP contribution in [0.2, 0.25) is 0 Å². The maximum Gasteiger partial charge on any atom is 0.193 e. The summed E-state index contributed by atoms with van der Waals surface area (Å²) < 4.78 is 18.4. The molecule has 0 saturated carbocycles. The van der Waals surface area contributed by atoms with Crippen LogP contribution >= 0.6 is 15.9 Å². The third kappa shape index (κ3) is 3.01. The van der Waals surface area contributed by atoms with Crippen molar-refractivity contribution in [2.24, 2.45) is 0 Å². The van der Waals surface area contributed by atoms with Crippen LogP contribution in [-0.4, -0.2) is 12.9 Å². The van der Waals surface area contributed by atoms with Gasteiger partial charge in [-0.25, -0.2) is 4.39 Å². The normalized spacial score (nSPS) is 10.3. The number of carbonyl (C=O) groups is 1. The molecule has 0 amide bonds. The summed E-state index contributed by atoms with van der Waals surface area (Å²) in [5.41, 5.74) is 1.93. The van der Waals surface area contributed by atoms with Crippen LogP contribution in [0.1, 0.15) is 21.5 Å². The minimum absolute atomic E-state index is 0.131. The Labute approximate surface area is 119 Å². The molecule has 0 aliphatic rings. The van der Waals surface area contributed by atoms with Gasteiger partial charge in [-0.1, -0.05) is 40.2 Å². The van der Waals surface area contributed by atoms with E-state index in [4.69, 9.17) is 4.74 Å². The van der Waals surface area contributed by atoms with E-state index in [9.17, 15) is 9.18 Å². The average molecular weight is 323 g/mol. The zero-order valence-electron chi connectivity index (χ0n) is 10.3. The summed E-state index contributed by atoms with van der Waals surface area (Å²) in [6, 6.07) is 11.4. The maximum atomic E-state index is 13.6. The SMILES string of the molecule is COc1ccc(C(=O)c2ccc(CBr)cc2)cc1F. The fourth-order valence-electron chi connectivity index (χ4n) is 1.72. The number of hydrogen-bond donors (Lipinski definition) is 0. The molecule has 0 N–H and O–H groups in total. The Morgan fingerprint density at radius 3 is 2.32 bits per heavy atom. The molecule has 4 heteroatoms. The first-order valence-corrected chi connectivity index (χ1v) is 6.81. The molecule has 0 unspecified atom stereocenters. The van der Waals surface area contributed by atoms with Crippen molar-refractivity contribution in [1.82, 2.24) is 0 Å². The molecule has 2 rings (SSSR count). The van der Waals surface area contributed by atoms with E-state index in [1.165, 1.54) is 19.2 Å². The molecule has 2 aromatic carbocycles. The van der Waals surface area contributed by atoms with Crippen molar-refractivity contribution in [3.63, 3.8) is 0 Å². The molecule has 2 aromatic rings. The number of carbonyl (C=O) groups excluding carboxylic acids is 1. The highest BCUT2D eigenvalue weighted by Crippen LogP contribution is 2.20. The molecule has 0 heterocycles. The van der Waals surface area contributed by atoms with Crippen LogP contribution in [-0.2, 0) is 5.33 Å². The number of ketones is 1. The lowest BCUT2D eigenvalue weighted by Gasteiger charge is -2.05. The Hall–Kier alpha value is -1.68. The molecule has 0 saturated heterocycles. The van der Waals surface area contributed by atoms with Crippen molar-refractivity contribution in [2.45, 2.75) is 5.33 Å². The number of alkyl halides is 1. The number of ether oxygens (including phenoxy) is 1. The lowest BCUT2D eigenvalue weighted by Crippen LogP contribution is -2.02. The smallest absolute Gasteiger partial charge is 0.193 e. The summed E-state index contributed by atoms with van der Waals surface area (Å²) >= 11 is 3.34. The minimum Gasteiger partial charge on any atom is -0.494 e. The number of benzene rings is 2. The van der Waals surface area contributed by atoms with E-state index in [1.807, 2.05) is 12.1 Å². The third-order valence-electron chi connectivity index (χ3n) is 2.78. The summed E-state index contributed by atoms with van der Waals surface area (Å²) in [5, 5.41) is 0.735. The van der Waals surface area contributed by atoms with Crippen molar-refractivity contribution in [1.29, 1.82) is 0 Å². The molecule has 0 bridgehead atoms. The number of methoxy groups -OCH3 is 1. The van der Waals surface area contributed by atoms with Gasteiger partial charge in [0, 0.05) is 16.5 Å². The molecule has 0 aliphatic heterocycles. The second-order valence-electron chi connectivity index (χ2n) is 4.01. The fraction of sp³-hybridized carbons (Fsp3) is 0.133. The van der Waals surface area contributed by atoms with Gasteiger partial charge in [-0.2, -0.15) is 0 Å². The van der Waals surface area contributed by atoms with Gasteiger partial charge in [-0.3, -0.25) is 4.79 Å². The van der Waals surface area contributed by atoms with Crippen molar-refractivity contribution in [3.8, 4) is 5.75 Å². The van der Waals surface area contributed by atoms with Crippen LogP contribution in [0, 0.1) is 5.82 Å². The topological polar surface area (TPSA) is 26.3 Å². The molecule has 98 valence electrons. The van der Waals surface area contributed by atoms with Gasteiger partial charge in [0.2, 0.25) is 0 Å². The molecular formula is C15H12BrFO2. The molecule has 0 aromatic heterocycles. The van der Waals surface area contributed by atoms with Gasteiger partial charge in [0.25, 0.3) is 0 Å². The lowest BCUT2D eigenvalue weighted by molar-refractivity contribution is 0.103. The van der Waals surface area contributed by atoms with Crippen LogP contribution in [0.3, 0.4) is 0 Å². The summed E-state index contributed by atoms with van der Waals surface area (Å²) in [4.78, 5) is 12.2. The van der Waals surface area contributed by atoms with Gasteiger partial charge in [-0.15, -0.1) is 0 Å². The van der Waals surface area contributed by atoms with Crippen LogP contribution < -0.4 is 4.74 Å². The molecule has 2 nitrogen and oxygen atoms in total. The first-order chi connectivity index (χ1) is 9.15. The zero-order valence-corrected chi connectivity index (χ0v) is 11.9. The number of hydrogen-bond acceptors (Lipinski definition) is 2. The Morgan fingerprint density at radius 2 is 1.79 bits per heavy atom. The lowest BCUT2D eigenvalue weighted by atomic mass is 10.0. The number of rotatable bonds is 4. The van der Waals surface area contributed by atoms with E-state index in [2.05, 4.69) is 15.9 Å². The highest BCUT2D eigenvalue weighted by Gasteiger charge is 2.12. The second-order valence-corrected chi connectivity index (χ2v) is 4.57. The summed E-state index contributed by atoms with van der Waals surface area (Å²) in [7, 11) is 1.39. The van der Waals surface area contributed by atoms with E-state index >= 15 is 0 Å². The molecule has 19 heavy (non-hydrogen) atoms. The van der Waals surface area contributed by atoms with Crippen molar-refractivity contribution < 1.29 is 13.9 Å². The highest BCUT2D eigenvalue weighted by molar-refractivity contribution is 9.08. The van der Waals surface area contributed by atoms with E-state index < -0.39 is 5.82 Å². The minimum atomic E-state index is -0.537. The Morgan fingerprint density at radius 1 is 1.16 bits per heavy atom. The van der Waals surface area contributed by atoms with Crippen molar-refractivity contribution in [3.05, 3.63) is 65.0 Å². The Balaban J connectivity index is 2.30. The zero-order chi connectivity index (χ0) is 13.8. The summed E-state index contributed by atoms with van der Waals surface area (Å²) in [6.45, 7) is 0. The van der Waals surface area contributed by atoms with Crippen LogP contribution in [0.15, 0.2) is 42.5 Å². The standard InChI is InChI=1S/C15H12BrFO2/c1-19-14-7-6-12(8-13(14)17)15(18)11-4-2-10(9-16)3-5-11/h2-8H,9H2,1H3. The molecule has 0 aliphatic carbocycles. The predicted octanol–water partition coefficient (Wildman–Crippen LogP) is 3.96. The van der Waals surface area contributed by atoms with E-state index in [0.717, 1.165) is 10.9 Å². The summed E-state index contributed by atoms with van der Waals surface area (Å²) in [6.07, 6.45) is 0. The first kappa shape index (κ1) is 13.7. The second kappa shape index (κ2) is 5.97. The van der Waals surface area contributed by atoms with Gasteiger partial charge in [0.15, 0.2) is 17.3 Å². The largest absolute Gasteiger partial charge is 0.494 e. The Bertz CT molecular complexity index is 594. The van der Waals surface area contributed by atoms with E-state index in [0.29, 0.717) is 11.1 Å². The van der Waals surface area contributed by atoms with Gasteiger partial charge < -0.3 is 4.74 Å².